The molecule has 0 aliphatic carbocycles. The third-order valence-corrected chi connectivity index (χ3v) is 4.09. The lowest BCUT2D eigenvalue weighted by Crippen LogP contribution is -2.17. The summed E-state index contributed by atoms with van der Waals surface area (Å²) in [7, 11) is -2.80. The Morgan fingerprint density at radius 3 is 2.67 bits per heavy atom. The van der Waals surface area contributed by atoms with E-state index in [4.69, 9.17) is 0 Å². The van der Waals surface area contributed by atoms with Gasteiger partial charge in [0.05, 0.1) is 5.75 Å². The first-order valence-corrected chi connectivity index (χ1v) is 7.89. The first kappa shape index (κ1) is 12.7. The number of nitrogens with one attached hydrogen (secondary N) is 1. The van der Waals surface area contributed by atoms with Crippen LogP contribution in [0.25, 0.3) is 0 Å². The Morgan fingerprint density at radius 1 is 1.40 bits per heavy atom. The molecule has 0 amide bonds. The molecule has 0 bridgehead atoms. The molecule has 0 aliphatic heterocycles. The standard InChI is InChI=1S/C10H17NO2S2/c1-9-7-14-8-10(9)6-11-4-3-5-15(2,12)13/h7-8,11H,3-6H2,1-2H3. The number of rotatable bonds is 6. The van der Waals surface area contributed by atoms with Crippen molar-refractivity contribution in [2.75, 3.05) is 18.6 Å². The molecule has 5 heteroatoms. The summed E-state index contributed by atoms with van der Waals surface area (Å²) in [5.41, 5.74) is 2.61. The molecule has 0 fully saturated rings. The van der Waals surface area contributed by atoms with Gasteiger partial charge in [-0.1, -0.05) is 0 Å². The number of sulfone groups is 1. The molecular formula is C10H17NO2S2. The van der Waals surface area contributed by atoms with Crippen molar-refractivity contribution in [3.8, 4) is 0 Å². The molecule has 0 atom stereocenters. The lowest BCUT2D eigenvalue weighted by Gasteiger charge is -2.03. The van der Waals surface area contributed by atoms with Crippen LogP contribution in [0.4, 0.5) is 0 Å². The maximum absolute atomic E-state index is 10.9. The lowest BCUT2D eigenvalue weighted by molar-refractivity contribution is 0.594. The Labute approximate surface area is 95.4 Å². The molecule has 0 saturated heterocycles. The van der Waals surface area contributed by atoms with Gasteiger partial charge in [0.2, 0.25) is 0 Å². The van der Waals surface area contributed by atoms with Crippen LogP contribution in [0.3, 0.4) is 0 Å². The van der Waals surface area contributed by atoms with E-state index >= 15 is 0 Å². The van der Waals surface area contributed by atoms with E-state index in [1.54, 1.807) is 11.3 Å². The second kappa shape index (κ2) is 5.63. The van der Waals surface area contributed by atoms with Crippen molar-refractivity contribution in [2.45, 2.75) is 19.9 Å². The van der Waals surface area contributed by atoms with Crippen molar-refractivity contribution in [3.63, 3.8) is 0 Å². The highest BCUT2D eigenvalue weighted by atomic mass is 32.2. The van der Waals surface area contributed by atoms with Crippen LogP contribution < -0.4 is 5.32 Å². The zero-order chi connectivity index (χ0) is 11.3. The fraction of sp³-hybridized carbons (Fsp3) is 0.600. The van der Waals surface area contributed by atoms with E-state index in [-0.39, 0.29) is 5.75 Å². The van der Waals surface area contributed by atoms with Crippen molar-refractivity contribution >= 4 is 21.2 Å². The lowest BCUT2D eigenvalue weighted by atomic mass is 10.2. The predicted octanol–water partition coefficient (Wildman–Crippen LogP) is 1.58. The maximum atomic E-state index is 10.9. The van der Waals surface area contributed by atoms with Crippen molar-refractivity contribution in [2.24, 2.45) is 0 Å². The summed E-state index contributed by atoms with van der Waals surface area (Å²) in [6, 6.07) is 0. The topological polar surface area (TPSA) is 46.2 Å². The van der Waals surface area contributed by atoms with Gasteiger partial charge in [0.1, 0.15) is 9.84 Å². The van der Waals surface area contributed by atoms with Crippen LogP contribution in [0.1, 0.15) is 17.5 Å². The largest absolute Gasteiger partial charge is 0.313 e. The van der Waals surface area contributed by atoms with Gasteiger partial charge in [-0.15, -0.1) is 0 Å². The van der Waals surface area contributed by atoms with Crippen LogP contribution in [-0.4, -0.2) is 27.0 Å². The molecule has 0 unspecified atom stereocenters. The van der Waals surface area contributed by atoms with Crippen LogP contribution >= 0.6 is 11.3 Å². The molecular weight excluding hydrogens is 230 g/mol. The number of thiophene rings is 1. The summed E-state index contributed by atoms with van der Waals surface area (Å²) in [5.74, 6) is 0.266. The highest BCUT2D eigenvalue weighted by Gasteiger charge is 2.01. The highest BCUT2D eigenvalue weighted by Crippen LogP contribution is 2.12. The Morgan fingerprint density at radius 2 is 2.13 bits per heavy atom. The minimum Gasteiger partial charge on any atom is -0.313 e. The number of aryl methyl sites for hydroxylation is 1. The van der Waals surface area contributed by atoms with Crippen LogP contribution in [0, 0.1) is 6.92 Å². The molecule has 0 aromatic carbocycles. The summed E-state index contributed by atoms with van der Waals surface area (Å²) in [5, 5.41) is 7.49. The van der Waals surface area contributed by atoms with E-state index in [0.717, 1.165) is 13.1 Å². The molecule has 0 radical (unpaired) electrons. The third kappa shape index (κ3) is 5.30. The van der Waals surface area contributed by atoms with Gasteiger partial charge in [-0.2, -0.15) is 11.3 Å². The quantitative estimate of drug-likeness (QED) is 0.776. The molecule has 1 heterocycles. The van der Waals surface area contributed by atoms with Crippen LogP contribution in [-0.2, 0) is 16.4 Å². The number of hydrogen-bond acceptors (Lipinski definition) is 4. The van der Waals surface area contributed by atoms with E-state index in [1.807, 2.05) is 0 Å². The van der Waals surface area contributed by atoms with Crippen molar-refractivity contribution in [3.05, 3.63) is 21.9 Å². The van der Waals surface area contributed by atoms with Gasteiger partial charge in [0.25, 0.3) is 0 Å². The first-order valence-electron chi connectivity index (χ1n) is 4.89. The molecule has 3 nitrogen and oxygen atoms in total. The van der Waals surface area contributed by atoms with Crippen molar-refractivity contribution < 1.29 is 8.42 Å². The fourth-order valence-electron chi connectivity index (χ4n) is 1.25. The summed E-state index contributed by atoms with van der Waals surface area (Å²) < 4.78 is 21.7. The molecule has 0 aliphatic rings. The second-order valence-electron chi connectivity index (χ2n) is 3.74. The Hall–Kier alpha value is -0.390. The van der Waals surface area contributed by atoms with E-state index in [0.29, 0.717) is 6.42 Å². The Bertz CT molecular complexity index is 395. The van der Waals surface area contributed by atoms with E-state index < -0.39 is 9.84 Å². The monoisotopic (exact) mass is 247 g/mol. The summed E-state index contributed by atoms with van der Waals surface area (Å²) >= 11 is 1.70. The highest BCUT2D eigenvalue weighted by molar-refractivity contribution is 7.90. The summed E-state index contributed by atoms with van der Waals surface area (Å²) in [4.78, 5) is 0. The van der Waals surface area contributed by atoms with Gasteiger partial charge in [0.15, 0.2) is 0 Å². The van der Waals surface area contributed by atoms with Gasteiger partial charge in [-0.25, -0.2) is 8.42 Å². The predicted molar refractivity (Wildman–Crippen MR) is 65.1 cm³/mol. The second-order valence-corrected chi connectivity index (χ2v) is 6.74. The van der Waals surface area contributed by atoms with Gasteiger partial charge < -0.3 is 5.32 Å². The molecule has 15 heavy (non-hydrogen) atoms. The molecule has 1 N–H and O–H groups in total. The fourth-order valence-corrected chi connectivity index (χ4v) is 2.78. The van der Waals surface area contributed by atoms with E-state index in [2.05, 4.69) is 23.0 Å². The SMILES string of the molecule is Cc1cscc1CNCCCS(C)(=O)=O. The Balaban J connectivity index is 2.15. The summed E-state index contributed by atoms with van der Waals surface area (Å²) in [6.07, 6.45) is 1.96. The Kier molecular flexibility index (Phi) is 4.76. The minimum absolute atomic E-state index is 0.266. The van der Waals surface area contributed by atoms with Crippen molar-refractivity contribution in [1.29, 1.82) is 0 Å². The van der Waals surface area contributed by atoms with Gasteiger partial charge >= 0.3 is 0 Å². The van der Waals surface area contributed by atoms with Crippen LogP contribution in [0.5, 0.6) is 0 Å². The normalized spacial score (nSPS) is 11.9. The smallest absolute Gasteiger partial charge is 0.147 e. The molecule has 0 spiro atoms. The van der Waals surface area contributed by atoms with Crippen LogP contribution in [0.2, 0.25) is 0 Å². The van der Waals surface area contributed by atoms with E-state index in [1.165, 1.54) is 17.4 Å². The first-order chi connectivity index (χ1) is 6.99. The molecule has 1 aromatic heterocycles. The van der Waals surface area contributed by atoms with Gasteiger partial charge in [0, 0.05) is 12.8 Å². The maximum Gasteiger partial charge on any atom is 0.147 e. The molecule has 1 aromatic rings. The average Bonchev–Trinajstić information content (AvgIpc) is 2.49. The third-order valence-electron chi connectivity index (χ3n) is 2.15. The zero-order valence-electron chi connectivity index (χ0n) is 9.12. The number of hydrogen-bond donors (Lipinski definition) is 1. The average molecular weight is 247 g/mol. The molecule has 86 valence electrons. The molecule has 1 rings (SSSR count). The van der Waals surface area contributed by atoms with Gasteiger partial charge in [-0.3, -0.25) is 0 Å². The molecule has 0 saturated carbocycles. The minimum atomic E-state index is -2.80. The van der Waals surface area contributed by atoms with Crippen molar-refractivity contribution in [1.82, 2.24) is 5.32 Å². The van der Waals surface area contributed by atoms with Crippen LogP contribution in [0.15, 0.2) is 10.8 Å². The summed E-state index contributed by atoms with van der Waals surface area (Å²) in [6.45, 7) is 3.67. The van der Waals surface area contributed by atoms with E-state index in [9.17, 15) is 8.42 Å². The van der Waals surface area contributed by atoms with Gasteiger partial charge in [-0.05, 0) is 41.8 Å². The zero-order valence-corrected chi connectivity index (χ0v) is 10.7.